The van der Waals surface area contributed by atoms with Crippen molar-refractivity contribution in [1.29, 1.82) is 0 Å². The number of hydrogen-bond acceptors (Lipinski definition) is 8. The van der Waals surface area contributed by atoms with Gasteiger partial charge in [0.25, 0.3) is 0 Å². The minimum absolute atomic E-state index is 0.0482. The summed E-state index contributed by atoms with van der Waals surface area (Å²) in [6.07, 6.45) is 4.92. The Morgan fingerprint density at radius 1 is 0.474 bits per heavy atom. The summed E-state index contributed by atoms with van der Waals surface area (Å²) in [5.41, 5.74) is 4.92. The third-order valence-corrected chi connectivity index (χ3v) is 15.7. The van der Waals surface area contributed by atoms with Crippen molar-refractivity contribution in [2.45, 2.75) is 246 Å². The average Bonchev–Trinajstić information content (AvgIpc) is 3.28. The van der Waals surface area contributed by atoms with Crippen molar-refractivity contribution in [3.05, 3.63) is 103 Å². The summed E-state index contributed by atoms with van der Waals surface area (Å²) in [5.74, 6) is -3.25. The molecule has 0 aliphatic heterocycles. The largest absolute Gasteiger partial charge is 0.485 e. The van der Waals surface area contributed by atoms with Gasteiger partial charge >= 0.3 is 17.9 Å². The third-order valence-electron chi connectivity index (χ3n) is 15.2. The van der Waals surface area contributed by atoms with Gasteiger partial charge in [-0.3, -0.25) is 14.4 Å². The second-order valence-electron chi connectivity index (χ2n) is 28.2. The van der Waals surface area contributed by atoms with Gasteiger partial charge in [0.05, 0.1) is 30.7 Å². The Balaban J connectivity index is 3.34. The summed E-state index contributed by atoms with van der Waals surface area (Å²) < 4.78 is 7.34. The van der Waals surface area contributed by atoms with Crippen LogP contribution in [-0.4, -0.2) is 80.0 Å². The van der Waals surface area contributed by atoms with Gasteiger partial charge in [0.15, 0.2) is 5.05 Å². The van der Waals surface area contributed by atoms with Crippen LogP contribution in [0.15, 0.2) is 36.4 Å². The Hall–Kier alpha value is -4.16. The standard InChI is InChI=1S/C65H100O10S/c1-20-21-22-23-24-44(54-45(58(2,3)4)31-41(25-28-51(69)70)32-46(54)59(5,6)7)65(57(76)75-40-64(37-66,38-67)39-68,55-47(60(8,9)10)33-42(26-29-52(71)72)34-48(55)61(11,12)13)56-49(62(14,15)16)35-43(27-30-53(73)74)36-50(56)63(17,18)19/h31-36,44,66-68H,20-30,37-40H2,1-19H3,(H,69,70)(H,71,72)(H,73,74). The lowest BCUT2D eigenvalue weighted by molar-refractivity contribution is -0.138. The lowest BCUT2D eigenvalue weighted by atomic mass is 9.52. The van der Waals surface area contributed by atoms with Crippen LogP contribution in [0, 0.1) is 5.41 Å². The molecule has 0 spiro atoms. The summed E-state index contributed by atoms with van der Waals surface area (Å²) in [6.45, 7) is 39.5. The highest BCUT2D eigenvalue weighted by Crippen LogP contribution is 2.60. The van der Waals surface area contributed by atoms with Crippen LogP contribution in [-0.2, 0) is 76.3 Å². The number of benzene rings is 3. The van der Waals surface area contributed by atoms with Gasteiger partial charge in [-0.25, -0.2) is 0 Å². The minimum Gasteiger partial charge on any atom is -0.485 e. The van der Waals surface area contributed by atoms with Gasteiger partial charge in [0.1, 0.15) is 6.61 Å². The van der Waals surface area contributed by atoms with E-state index in [2.05, 4.69) is 168 Å². The Bertz CT molecular complexity index is 2290. The number of thiocarbonyl (C=S) groups is 1. The molecule has 0 aliphatic carbocycles. The Morgan fingerprint density at radius 3 is 1.01 bits per heavy atom. The van der Waals surface area contributed by atoms with E-state index in [1.807, 2.05) is 0 Å². The molecule has 1 atom stereocenters. The number of hydrogen-bond donors (Lipinski definition) is 6. The quantitative estimate of drug-likeness (QED) is 0.0371. The van der Waals surface area contributed by atoms with Crippen molar-refractivity contribution in [3.63, 3.8) is 0 Å². The second kappa shape index (κ2) is 25.3. The van der Waals surface area contributed by atoms with Crippen LogP contribution < -0.4 is 0 Å². The van der Waals surface area contributed by atoms with Gasteiger partial charge in [0.2, 0.25) is 0 Å². The van der Waals surface area contributed by atoms with Crippen LogP contribution in [0.2, 0.25) is 0 Å². The highest BCUT2D eigenvalue weighted by Gasteiger charge is 2.57. The number of carboxylic acid groups (broad SMARTS) is 3. The van der Waals surface area contributed by atoms with Crippen molar-refractivity contribution in [2.24, 2.45) is 5.41 Å². The molecular weight excluding hydrogens is 973 g/mol. The third kappa shape index (κ3) is 16.0. The molecule has 3 aromatic carbocycles. The number of carboxylic acids is 3. The molecule has 3 rings (SSSR count). The minimum atomic E-state index is -1.49. The molecule has 0 aromatic heterocycles. The van der Waals surface area contributed by atoms with Crippen LogP contribution >= 0.6 is 12.2 Å². The van der Waals surface area contributed by atoms with Crippen LogP contribution in [0.1, 0.15) is 256 Å². The van der Waals surface area contributed by atoms with Gasteiger partial charge < -0.3 is 35.4 Å². The molecule has 0 amide bonds. The fraction of sp³-hybridized carbons (Fsp3) is 0.662. The summed E-state index contributed by atoms with van der Waals surface area (Å²) in [4.78, 5) is 37.1. The van der Waals surface area contributed by atoms with E-state index in [4.69, 9.17) is 17.0 Å². The first kappa shape index (κ1) is 66.1. The fourth-order valence-electron chi connectivity index (χ4n) is 10.9. The fourth-order valence-corrected chi connectivity index (χ4v) is 11.3. The maximum Gasteiger partial charge on any atom is 0.303 e. The van der Waals surface area contributed by atoms with Crippen molar-refractivity contribution < 1.29 is 49.8 Å². The number of aliphatic hydroxyl groups excluding tert-OH is 3. The van der Waals surface area contributed by atoms with Crippen LogP contribution in [0.4, 0.5) is 0 Å². The predicted octanol–water partition coefficient (Wildman–Crippen LogP) is 13.9. The Morgan fingerprint density at radius 2 is 0.763 bits per heavy atom. The molecule has 6 N–H and O–H groups in total. The zero-order valence-corrected chi connectivity index (χ0v) is 51.2. The van der Waals surface area contributed by atoms with E-state index in [1.54, 1.807) is 0 Å². The molecule has 0 fully saturated rings. The topological polar surface area (TPSA) is 182 Å². The number of carbonyl (C=O) groups is 3. The van der Waals surface area contributed by atoms with Gasteiger partial charge in [-0.1, -0.05) is 194 Å². The Kier molecular flexibility index (Phi) is 22.0. The molecule has 0 saturated heterocycles. The van der Waals surface area contributed by atoms with E-state index in [1.165, 1.54) is 0 Å². The molecule has 0 saturated carbocycles. The maximum atomic E-state index is 12.4. The SMILES string of the molecule is CCCCCCC(c1c(C(C)(C)C)cc(CCC(=O)O)cc1C(C)(C)C)C(C(=S)OCC(CO)(CO)CO)(c1c(C(C)(C)C)cc(CCC(=O)O)cc1C(C)(C)C)c1c(C(C)(C)C)cc(CCC(=O)O)cc1C(C)(C)C. The molecule has 1 unspecified atom stereocenters. The molecule has 3 aromatic rings. The zero-order chi connectivity index (χ0) is 58.4. The zero-order valence-electron chi connectivity index (χ0n) is 50.4. The normalized spacial score (nSPS) is 13.7. The smallest absolute Gasteiger partial charge is 0.303 e. The van der Waals surface area contributed by atoms with Crippen molar-refractivity contribution >= 4 is 35.2 Å². The molecule has 11 heteroatoms. The number of aryl methyl sites for hydroxylation is 3. The molecule has 0 aliphatic rings. The molecular formula is C65H100O10S. The first-order chi connectivity index (χ1) is 34.7. The summed E-state index contributed by atoms with van der Waals surface area (Å²) in [5, 5.41) is 63.7. The van der Waals surface area contributed by atoms with E-state index in [-0.39, 0.29) is 43.8 Å². The van der Waals surface area contributed by atoms with Gasteiger partial charge in [-0.15, -0.1) is 0 Å². The van der Waals surface area contributed by atoms with Crippen molar-refractivity contribution in [1.82, 2.24) is 0 Å². The van der Waals surface area contributed by atoms with E-state index < -0.39 is 87.0 Å². The van der Waals surface area contributed by atoms with E-state index in [0.29, 0.717) is 12.8 Å². The van der Waals surface area contributed by atoms with Gasteiger partial charge in [-0.2, -0.15) is 0 Å². The monoisotopic (exact) mass is 1070 g/mol. The van der Waals surface area contributed by atoms with Crippen LogP contribution in [0.25, 0.3) is 0 Å². The predicted molar refractivity (Wildman–Crippen MR) is 314 cm³/mol. The first-order valence-electron chi connectivity index (χ1n) is 27.9. The summed E-state index contributed by atoms with van der Waals surface area (Å²) >= 11 is 7.29. The summed E-state index contributed by atoms with van der Waals surface area (Å²) in [7, 11) is 0. The van der Waals surface area contributed by atoms with Crippen molar-refractivity contribution in [2.75, 3.05) is 26.4 Å². The number of unbranched alkanes of at least 4 members (excludes halogenated alkanes) is 3. The molecule has 0 radical (unpaired) electrons. The second-order valence-corrected chi connectivity index (χ2v) is 28.5. The maximum absolute atomic E-state index is 12.4. The van der Waals surface area contributed by atoms with E-state index in [0.717, 1.165) is 92.4 Å². The highest BCUT2D eigenvalue weighted by atomic mass is 32.1. The lowest BCUT2D eigenvalue weighted by Gasteiger charge is -2.52. The molecule has 10 nitrogen and oxygen atoms in total. The number of aliphatic hydroxyl groups is 3. The van der Waals surface area contributed by atoms with E-state index >= 15 is 0 Å². The van der Waals surface area contributed by atoms with E-state index in [9.17, 15) is 45.0 Å². The number of ether oxygens (including phenoxy) is 1. The first-order valence-corrected chi connectivity index (χ1v) is 28.3. The molecule has 0 heterocycles. The molecule has 0 bridgehead atoms. The lowest BCUT2D eigenvalue weighted by Crippen LogP contribution is -2.51. The number of rotatable bonds is 24. The highest BCUT2D eigenvalue weighted by molar-refractivity contribution is 7.80. The van der Waals surface area contributed by atoms with Crippen LogP contribution in [0.5, 0.6) is 0 Å². The van der Waals surface area contributed by atoms with Crippen LogP contribution in [0.3, 0.4) is 0 Å². The summed E-state index contributed by atoms with van der Waals surface area (Å²) in [6, 6.07) is 13.1. The molecule has 76 heavy (non-hydrogen) atoms. The Labute approximate surface area is 463 Å². The number of aliphatic carboxylic acids is 3. The van der Waals surface area contributed by atoms with Gasteiger partial charge in [-0.05, 0) is 137 Å². The van der Waals surface area contributed by atoms with Crippen molar-refractivity contribution in [3.8, 4) is 0 Å². The average molecular weight is 1070 g/mol. The molecule has 426 valence electrons. The van der Waals surface area contributed by atoms with Gasteiger partial charge in [0, 0.05) is 25.2 Å².